The van der Waals surface area contributed by atoms with Gasteiger partial charge in [-0.15, -0.1) is 0 Å². The van der Waals surface area contributed by atoms with Crippen LogP contribution in [0.5, 0.6) is 0 Å². The van der Waals surface area contributed by atoms with E-state index in [0.717, 1.165) is 3.57 Å². The molecule has 0 fully saturated rings. The fourth-order valence-corrected chi connectivity index (χ4v) is 3.06. The van der Waals surface area contributed by atoms with E-state index in [1.807, 2.05) is 0 Å². The van der Waals surface area contributed by atoms with Crippen molar-refractivity contribution in [2.45, 2.75) is 0 Å². The standard InChI is InChI=1S/C14H7BrClIN2O2/c15-8-5-12-11(18-14(21)19-12)4-7(8)13(20)6-1-2-10(17)9(16)3-6/h1-5H,(H2,18,19,21). The number of hydrogen-bond donors (Lipinski definition) is 2. The highest BCUT2D eigenvalue weighted by atomic mass is 127. The summed E-state index contributed by atoms with van der Waals surface area (Å²) in [6.45, 7) is 0. The third-order valence-electron chi connectivity index (χ3n) is 3.03. The third-order valence-corrected chi connectivity index (χ3v) is 5.26. The van der Waals surface area contributed by atoms with E-state index in [2.05, 4.69) is 48.5 Å². The number of benzene rings is 2. The highest BCUT2D eigenvalue weighted by Gasteiger charge is 2.15. The Kier molecular flexibility index (Phi) is 3.94. The van der Waals surface area contributed by atoms with Gasteiger partial charge in [0.2, 0.25) is 0 Å². The van der Waals surface area contributed by atoms with Gasteiger partial charge in [0.1, 0.15) is 0 Å². The molecule has 0 aliphatic carbocycles. The smallest absolute Gasteiger partial charge is 0.306 e. The summed E-state index contributed by atoms with van der Waals surface area (Å²) in [5, 5.41) is 0.536. The van der Waals surface area contributed by atoms with Crippen molar-refractivity contribution >= 4 is 66.9 Å². The molecule has 3 rings (SSSR count). The number of hydrogen-bond acceptors (Lipinski definition) is 2. The second kappa shape index (κ2) is 5.58. The summed E-state index contributed by atoms with van der Waals surface area (Å²) in [4.78, 5) is 29.2. The molecule has 1 heterocycles. The number of imidazole rings is 1. The number of halogens is 3. The van der Waals surface area contributed by atoms with E-state index < -0.39 is 0 Å². The molecule has 0 unspecified atom stereocenters. The molecule has 0 saturated carbocycles. The second-order valence-corrected chi connectivity index (χ2v) is 6.84. The molecule has 21 heavy (non-hydrogen) atoms. The van der Waals surface area contributed by atoms with Gasteiger partial charge in [0.15, 0.2) is 5.78 Å². The quantitative estimate of drug-likeness (QED) is 0.431. The molecule has 0 atom stereocenters. The highest BCUT2D eigenvalue weighted by Crippen LogP contribution is 2.26. The summed E-state index contributed by atoms with van der Waals surface area (Å²) >= 11 is 11.5. The van der Waals surface area contributed by atoms with Crippen LogP contribution >= 0.6 is 50.1 Å². The lowest BCUT2D eigenvalue weighted by Gasteiger charge is -2.06. The summed E-state index contributed by atoms with van der Waals surface area (Å²) in [7, 11) is 0. The van der Waals surface area contributed by atoms with Gasteiger partial charge in [-0.1, -0.05) is 11.6 Å². The van der Waals surface area contributed by atoms with Gasteiger partial charge in [-0.25, -0.2) is 4.79 Å². The van der Waals surface area contributed by atoms with Crippen molar-refractivity contribution in [2.24, 2.45) is 0 Å². The predicted molar refractivity (Wildman–Crippen MR) is 94.2 cm³/mol. The number of H-pyrrole nitrogens is 2. The number of ketones is 1. The Hall–Kier alpha value is -1.12. The first-order chi connectivity index (χ1) is 9.95. The van der Waals surface area contributed by atoms with Crippen molar-refractivity contribution in [3.63, 3.8) is 0 Å². The predicted octanol–water partition coefficient (Wildman–Crippen LogP) is 4.11. The van der Waals surface area contributed by atoms with Crippen molar-refractivity contribution in [3.8, 4) is 0 Å². The van der Waals surface area contributed by atoms with Crippen molar-refractivity contribution in [2.75, 3.05) is 0 Å². The molecule has 0 saturated heterocycles. The Morgan fingerprint density at radius 2 is 1.81 bits per heavy atom. The van der Waals surface area contributed by atoms with Crippen LogP contribution in [0.25, 0.3) is 11.0 Å². The fourth-order valence-electron chi connectivity index (χ4n) is 2.02. The lowest BCUT2D eigenvalue weighted by molar-refractivity contribution is 0.103. The largest absolute Gasteiger partial charge is 0.323 e. The van der Waals surface area contributed by atoms with E-state index >= 15 is 0 Å². The molecule has 0 bridgehead atoms. The lowest BCUT2D eigenvalue weighted by atomic mass is 10.0. The van der Waals surface area contributed by atoms with Gasteiger partial charge in [-0.05, 0) is 68.9 Å². The Labute approximate surface area is 146 Å². The summed E-state index contributed by atoms with van der Waals surface area (Å²) in [6, 6.07) is 8.51. The Morgan fingerprint density at radius 3 is 2.48 bits per heavy atom. The normalized spacial score (nSPS) is 11.0. The van der Waals surface area contributed by atoms with Gasteiger partial charge < -0.3 is 9.97 Å². The van der Waals surface area contributed by atoms with E-state index in [9.17, 15) is 9.59 Å². The fraction of sp³-hybridized carbons (Fsp3) is 0. The Balaban J connectivity index is 2.14. The monoisotopic (exact) mass is 476 g/mol. The maximum Gasteiger partial charge on any atom is 0.323 e. The highest BCUT2D eigenvalue weighted by molar-refractivity contribution is 14.1. The van der Waals surface area contributed by atoms with Crippen LogP contribution in [0.15, 0.2) is 39.6 Å². The molecule has 0 spiro atoms. The summed E-state index contributed by atoms with van der Waals surface area (Å²) in [5.74, 6) is -0.163. The van der Waals surface area contributed by atoms with E-state index in [0.29, 0.717) is 31.7 Å². The number of aromatic nitrogens is 2. The summed E-state index contributed by atoms with van der Waals surface area (Å²) in [5.41, 5.74) is 1.89. The Morgan fingerprint density at radius 1 is 1.14 bits per heavy atom. The van der Waals surface area contributed by atoms with Crippen LogP contribution in [0.1, 0.15) is 15.9 Å². The van der Waals surface area contributed by atoms with E-state index in [1.54, 1.807) is 30.3 Å². The zero-order chi connectivity index (χ0) is 15.1. The van der Waals surface area contributed by atoms with Crippen LogP contribution in [-0.2, 0) is 0 Å². The molecule has 0 amide bonds. The first-order valence-electron chi connectivity index (χ1n) is 5.87. The zero-order valence-corrected chi connectivity index (χ0v) is 14.8. The maximum absolute atomic E-state index is 12.6. The SMILES string of the molecule is O=C(c1ccc(I)c(Cl)c1)c1cc2[nH]c(=O)[nH]c2cc1Br. The van der Waals surface area contributed by atoms with E-state index in [4.69, 9.17) is 11.6 Å². The van der Waals surface area contributed by atoms with Crippen LogP contribution in [0.3, 0.4) is 0 Å². The molecule has 7 heteroatoms. The summed E-state index contributed by atoms with van der Waals surface area (Å²) < 4.78 is 1.50. The Bertz CT molecular complexity index is 932. The average Bonchev–Trinajstić information content (AvgIpc) is 2.79. The van der Waals surface area contributed by atoms with Crippen molar-refractivity contribution < 1.29 is 4.79 Å². The van der Waals surface area contributed by atoms with E-state index in [1.165, 1.54) is 0 Å². The third kappa shape index (κ3) is 2.79. The van der Waals surface area contributed by atoms with Gasteiger partial charge >= 0.3 is 5.69 Å². The molecule has 0 aliphatic heterocycles. The minimum Gasteiger partial charge on any atom is -0.306 e. The number of rotatable bonds is 2. The molecule has 1 aromatic heterocycles. The van der Waals surface area contributed by atoms with E-state index in [-0.39, 0.29) is 11.5 Å². The molecular weight excluding hydrogens is 470 g/mol. The van der Waals surface area contributed by atoms with Crippen molar-refractivity contribution in [1.29, 1.82) is 0 Å². The van der Waals surface area contributed by atoms with Crippen LogP contribution in [-0.4, -0.2) is 15.8 Å². The first kappa shape index (κ1) is 14.8. The number of carbonyl (C=O) groups is 1. The molecule has 0 aliphatic rings. The van der Waals surface area contributed by atoms with Crippen LogP contribution in [0.2, 0.25) is 5.02 Å². The molecule has 106 valence electrons. The van der Waals surface area contributed by atoms with Gasteiger partial charge in [0, 0.05) is 19.2 Å². The number of nitrogens with one attached hydrogen (secondary N) is 2. The average molecular weight is 477 g/mol. The van der Waals surface area contributed by atoms with Crippen molar-refractivity contribution in [3.05, 3.63) is 65.0 Å². The van der Waals surface area contributed by atoms with Crippen LogP contribution in [0.4, 0.5) is 0 Å². The van der Waals surface area contributed by atoms with Gasteiger partial charge in [0.05, 0.1) is 16.1 Å². The number of carbonyl (C=O) groups excluding carboxylic acids is 1. The summed E-state index contributed by atoms with van der Waals surface area (Å²) in [6.07, 6.45) is 0. The molecule has 2 N–H and O–H groups in total. The van der Waals surface area contributed by atoms with Gasteiger partial charge in [-0.3, -0.25) is 4.79 Å². The van der Waals surface area contributed by atoms with Gasteiger partial charge in [-0.2, -0.15) is 0 Å². The molecule has 2 aromatic carbocycles. The molecular formula is C14H7BrClIN2O2. The van der Waals surface area contributed by atoms with Crippen LogP contribution < -0.4 is 5.69 Å². The minimum atomic E-state index is -0.307. The molecule has 0 radical (unpaired) electrons. The zero-order valence-electron chi connectivity index (χ0n) is 10.3. The molecule has 3 aromatic rings. The molecule has 4 nitrogen and oxygen atoms in total. The number of aromatic amines is 2. The maximum atomic E-state index is 12.6. The second-order valence-electron chi connectivity index (χ2n) is 4.41. The minimum absolute atomic E-state index is 0.163. The van der Waals surface area contributed by atoms with Crippen molar-refractivity contribution in [1.82, 2.24) is 9.97 Å². The number of fused-ring (bicyclic) bond motifs is 1. The topological polar surface area (TPSA) is 65.7 Å². The van der Waals surface area contributed by atoms with Gasteiger partial charge in [0.25, 0.3) is 0 Å². The first-order valence-corrected chi connectivity index (χ1v) is 8.12. The van der Waals surface area contributed by atoms with Crippen LogP contribution in [0, 0.1) is 3.57 Å². The lowest BCUT2D eigenvalue weighted by Crippen LogP contribution is -2.03.